The van der Waals surface area contributed by atoms with Gasteiger partial charge in [-0.15, -0.1) is 0 Å². The van der Waals surface area contributed by atoms with Gasteiger partial charge in [-0.25, -0.2) is 0 Å². The molecule has 0 heterocycles. The molecule has 0 fully saturated rings. The van der Waals surface area contributed by atoms with Crippen LogP contribution in [-0.2, 0) is 16.0 Å². The predicted octanol–water partition coefficient (Wildman–Crippen LogP) is 2.16. The van der Waals surface area contributed by atoms with Crippen LogP contribution in [-0.4, -0.2) is 42.9 Å². The van der Waals surface area contributed by atoms with Gasteiger partial charge in [0, 0.05) is 6.42 Å². The van der Waals surface area contributed by atoms with Crippen molar-refractivity contribution in [1.82, 2.24) is 5.32 Å². The molecule has 1 atom stereocenters. The molecule has 134 valence electrons. The quantitative estimate of drug-likeness (QED) is 0.751. The van der Waals surface area contributed by atoms with Gasteiger partial charge in [0.2, 0.25) is 5.91 Å². The first-order valence-electron chi connectivity index (χ1n) is 7.01. The number of aryl methyl sites for hydroxylation is 1. The Morgan fingerprint density at radius 3 is 2.50 bits per heavy atom. The highest BCUT2D eigenvalue weighted by atomic mass is 19.4. The number of aliphatic carboxylic acids is 1. The van der Waals surface area contributed by atoms with Crippen LogP contribution in [0.15, 0.2) is 18.2 Å². The molecule has 6 nitrogen and oxygen atoms in total. The number of carbonyl (C=O) groups is 2. The smallest absolute Gasteiger partial charge is 0.422 e. The van der Waals surface area contributed by atoms with E-state index < -0.39 is 30.7 Å². The number of hydrogen-bond donors (Lipinski definition) is 2. The fourth-order valence-corrected chi connectivity index (χ4v) is 1.78. The van der Waals surface area contributed by atoms with Crippen LogP contribution in [0, 0.1) is 0 Å². The van der Waals surface area contributed by atoms with Gasteiger partial charge < -0.3 is 19.9 Å². The molecule has 1 amide bonds. The Hall–Kier alpha value is -2.45. The molecule has 0 saturated heterocycles. The Morgan fingerprint density at radius 1 is 1.29 bits per heavy atom. The Bertz CT molecular complexity index is 589. The zero-order valence-corrected chi connectivity index (χ0v) is 13.1. The maximum atomic E-state index is 12.2. The number of carboxylic acids is 1. The molecule has 1 aromatic rings. The number of hydrogen-bond acceptors (Lipinski definition) is 4. The number of alkyl halides is 3. The molecule has 24 heavy (non-hydrogen) atoms. The Morgan fingerprint density at radius 2 is 1.96 bits per heavy atom. The van der Waals surface area contributed by atoms with Crippen molar-refractivity contribution in [3.05, 3.63) is 23.8 Å². The van der Waals surface area contributed by atoms with Crippen LogP contribution in [0.5, 0.6) is 11.5 Å². The maximum absolute atomic E-state index is 12.2. The van der Waals surface area contributed by atoms with Gasteiger partial charge in [-0.05, 0) is 31.0 Å². The first kappa shape index (κ1) is 19.6. The van der Waals surface area contributed by atoms with Gasteiger partial charge in [0.15, 0.2) is 18.1 Å². The number of carboxylic acid groups (broad SMARTS) is 1. The van der Waals surface area contributed by atoms with E-state index >= 15 is 0 Å². The summed E-state index contributed by atoms with van der Waals surface area (Å²) in [6.07, 6.45) is -4.15. The first-order valence-corrected chi connectivity index (χ1v) is 7.01. The third-order valence-corrected chi connectivity index (χ3v) is 3.01. The SMILES string of the molecule is COc1cc(CCC(=O)NC(C)C(=O)O)ccc1OCC(F)(F)F. The second-order valence-electron chi connectivity index (χ2n) is 5.02. The molecule has 0 aliphatic rings. The third-order valence-electron chi connectivity index (χ3n) is 3.01. The molecular weight excluding hydrogens is 331 g/mol. The molecule has 2 N–H and O–H groups in total. The molecule has 1 aromatic carbocycles. The summed E-state index contributed by atoms with van der Waals surface area (Å²) >= 11 is 0. The fourth-order valence-electron chi connectivity index (χ4n) is 1.78. The van der Waals surface area contributed by atoms with Crippen LogP contribution in [0.4, 0.5) is 13.2 Å². The normalized spacial score (nSPS) is 12.4. The summed E-state index contributed by atoms with van der Waals surface area (Å²) < 4.78 is 46.2. The summed E-state index contributed by atoms with van der Waals surface area (Å²) in [6.45, 7) is -0.0891. The number of methoxy groups -OCH3 is 1. The molecule has 0 aromatic heterocycles. The van der Waals surface area contributed by atoms with E-state index in [1.54, 1.807) is 0 Å². The molecule has 0 bridgehead atoms. The number of nitrogens with one attached hydrogen (secondary N) is 1. The highest BCUT2D eigenvalue weighted by molar-refractivity contribution is 5.83. The van der Waals surface area contributed by atoms with Crippen LogP contribution < -0.4 is 14.8 Å². The van der Waals surface area contributed by atoms with Crippen LogP contribution in [0.2, 0.25) is 0 Å². The van der Waals surface area contributed by atoms with E-state index in [0.29, 0.717) is 5.56 Å². The number of ether oxygens (including phenoxy) is 2. The van der Waals surface area contributed by atoms with Gasteiger partial charge in [-0.1, -0.05) is 6.07 Å². The predicted molar refractivity (Wildman–Crippen MR) is 78.1 cm³/mol. The van der Waals surface area contributed by atoms with Gasteiger partial charge in [0.1, 0.15) is 6.04 Å². The minimum absolute atomic E-state index is 0.0313. The highest BCUT2D eigenvalue weighted by Crippen LogP contribution is 2.30. The molecule has 0 aliphatic heterocycles. The van der Waals surface area contributed by atoms with Crippen molar-refractivity contribution in [3.8, 4) is 11.5 Å². The summed E-state index contributed by atoms with van der Waals surface area (Å²) in [6, 6.07) is 3.32. The van der Waals surface area contributed by atoms with E-state index in [1.807, 2.05) is 0 Å². The molecule has 0 spiro atoms. The average molecular weight is 349 g/mol. The summed E-state index contributed by atoms with van der Waals surface area (Å²) in [5.41, 5.74) is 0.643. The van der Waals surface area contributed by atoms with Crippen LogP contribution in [0.3, 0.4) is 0 Å². The van der Waals surface area contributed by atoms with Crippen molar-refractivity contribution < 1.29 is 37.3 Å². The zero-order valence-electron chi connectivity index (χ0n) is 13.1. The van der Waals surface area contributed by atoms with Gasteiger partial charge in [-0.3, -0.25) is 9.59 Å². The first-order chi connectivity index (χ1) is 11.1. The minimum Gasteiger partial charge on any atom is -0.493 e. The number of carbonyl (C=O) groups excluding carboxylic acids is 1. The summed E-state index contributed by atoms with van der Waals surface area (Å²) in [4.78, 5) is 22.2. The number of halogens is 3. The van der Waals surface area contributed by atoms with Crippen molar-refractivity contribution in [3.63, 3.8) is 0 Å². The van der Waals surface area contributed by atoms with Crippen molar-refractivity contribution in [1.29, 1.82) is 0 Å². The second-order valence-corrected chi connectivity index (χ2v) is 5.02. The molecular formula is C15H18F3NO5. The van der Waals surface area contributed by atoms with E-state index in [-0.39, 0.29) is 24.3 Å². The summed E-state index contributed by atoms with van der Waals surface area (Å²) in [5.74, 6) is -1.52. The van der Waals surface area contributed by atoms with Gasteiger partial charge in [-0.2, -0.15) is 13.2 Å². The Kier molecular flexibility index (Phi) is 6.87. The van der Waals surface area contributed by atoms with Gasteiger partial charge >= 0.3 is 12.1 Å². The van der Waals surface area contributed by atoms with Crippen molar-refractivity contribution in [2.45, 2.75) is 32.0 Å². The largest absolute Gasteiger partial charge is 0.493 e. The fraction of sp³-hybridized carbons (Fsp3) is 0.467. The lowest BCUT2D eigenvalue weighted by molar-refractivity contribution is -0.153. The zero-order chi connectivity index (χ0) is 18.3. The lowest BCUT2D eigenvalue weighted by Crippen LogP contribution is -2.38. The van der Waals surface area contributed by atoms with Crippen LogP contribution in [0.1, 0.15) is 18.9 Å². The van der Waals surface area contributed by atoms with Crippen LogP contribution >= 0.6 is 0 Å². The summed E-state index contributed by atoms with van der Waals surface area (Å²) in [7, 11) is 1.29. The molecule has 1 unspecified atom stereocenters. The lowest BCUT2D eigenvalue weighted by atomic mass is 10.1. The molecule has 0 radical (unpaired) electrons. The van der Waals surface area contributed by atoms with E-state index in [4.69, 9.17) is 9.84 Å². The Balaban J connectivity index is 2.64. The molecule has 1 rings (SSSR count). The maximum Gasteiger partial charge on any atom is 0.422 e. The highest BCUT2D eigenvalue weighted by Gasteiger charge is 2.29. The van der Waals surface area contributed by atoms with Crippen molar-refractivity contribution >= 4 is 11.9 Å². The standard InChI is InChI=1S/C15H18F3NO5/c1-9(14(21)22)19-13(20)6-4-10-3-5-11(12(7-10)23-2)24-8-15(16,17)18/h3,5,7,9H,4,6,8H2,1-2H3,(H,19,20)(H,21,22). The second kappa shape index (κ2) is 8.42. The number of rotatable bonds is 8. The van der Waals surface area contributed by atoms with Crippen molar-refractivity contribution in [2.24, 2.45) is 0 Å². The molecule has 0 aliphatic carbocycles. The van der Waals surface area contributed by atoms with E-state index in [0.717, 1.165) is 0 Å². The van der Waals surface area contributed by atoms with E-state index in [1.165, 1.54) is 32.2 Å². The lowest BCUT2D eigenvalue weighted by Gasteiger charge is -2.14. The number of benzene rings is 1. The van der Waals surface area contributed by atoms with Gasteiger partial charge in [0.25, 0.3) is 0 Å². The Labute approximate surface area is 136 Å². The molecule has 0 saturated carbocycles. The van der Waals surface area contributed by atoms with Crippen molar-refractivity contribution in [2.75, 3.05) is 13.7 Å². The van der Waals surface area contributed by atoms with Crippen LogP contribution in [0.25, 0.3) is 0 Å². The monoisotopic (exact) mass is 349 g/mol. The molecule has 9 heteroatoms. The van der Waals surface area contributed by atoms with E-state index in [2.05, 4.69) is 10.1 Å². The average Bonchev–Trinajstić information content (AvgIpc) is 2.50. The van der Waals surface area contributed by atoms with Gasteiger partial charge in [0.05, 0.1) is 7.11 Å². The number of amides is 1. The third kappa shape index (κ3) is 6.76. The minimum atomic E-state index is -4.46. The topological polar surface area (TPSA) is 84.9 Å². The van der Waals surface area contributed by atoms with E-state index in [9.17, 15) is 22.8 Å². The summed E-state index contributed by atoms with van der Waals surface area (Å²) in [5, 5.41) is 11.0.